The maximum absolute atomic E-state index is 13.9. The van der Waals surface area contributed by atoms with Crippen LogP contribution in [-0.4, -0.2) is 77.5 Å². The summed E-state index contributed by atoms with van der Waals surface area (Å²) in [5.41, 5.74) is 0.943. The second-order valence-electron chi connectivity index (χ2n) is 9.81. The van der Waals surface area contributed by atoms with E-state index in [4.69, 9.17) is 0 Å². The van der Waals surface area contributed by atoms with Gasteiger partial charge in [-0.2, -0.15) is 0 Å². The Balaban J connectivity index is 1.30. The molecule has 3 aliphatic heterocycles. The summed E-state index contributed by atoms with van der Waals surface area (Å²) in [6, 6.07) is 17.2. The van der Waals surface area contributed by atoms with Crippen LogP contribution in [0.5, 0.6) is 0 Å². The summed E-state index contributed by atoms with van der Waals surface area (Å²) in [7, 11) is 0. The van der Waals surface area contributed by atoms with Gasteiger partial charge in [0.1, 0.15) is 12.1 Å². The van der Waals surface area contributed by atoms with Crippen LogP contribution >= 0.6 is 15.9 Å². The van der Waals surface area contributed by atoms with Crippen LogP contribution in [-0.2, 0) is 9.59 Å². The van der Waals surface area contributed by atoms with E-state index in [1.165, 1.54) is 0 Å². The Morgan fingerprint density at radius 3 is 2.19 bits per heavy atom. The summed E-state index contributed by atoms with van der Waals surface area (Å²) in [5, 5.41) is 2.95. The van der Waals surface area contributed by atoms with Gasteiger partial charge in [-0.15, -0.1) is 0 Å². The highest BCUT2D eigenvalue weighted by Crippen LogP contribution is 2.39. The van der Waals surface area contributed by atoms with Gasteiger partial charge in [0.2, 0.25) is 5.91 Å². The predicted octanol–water partition coefficient (Wildman–Crippen LogP) is 4.13. The van der Waals surface area contributed by atoms with Gasteiger partial charge >= 0.3 is 6.03 Å². The molecule has 3 aliphatic rings. The largest absolute Gasteiger partial charge is 0.341 e. The molecule has 4 amide bonds. The minimum atomic E-state index is -0.752. The van der Waals surface area contributed by atoms with Crippen LogP contribution in [0.1, 0.15) is 32.1 Å². The molecule has 1 spiro atoms. The van der Waals surface area contributed by atoms with Gasteiger partial charge in [-0.1, -0.05) is 34.1 Å². The number of urea groups is 1. The molecular weight excluding hydrogens is 522 g/mol. The van der Waals surface area contributed by atoms with Crippen molar-refractivity contribution in [2.45, 2.75) is 37.6 Å². The minimum Gasteiger partial charge on any atom is -0.341 e. The number of halogens is 1. The first-order valence-corrected chi connectivity index (χ1v) is 13.5. The smallest absolute Gasteiger partial charge is 0.321 e. The fraction of sp³-hybridized carbons (Fsp3) is 0.444. The van der Waals surface area contributed by atoms with Gasteiger partial charge in [-0.05, 0) is 68.5 Å². The number of rotatable bonds is 4. The topological polar surface area (TPSA) is 76.2 Å². The van der Waals surface area contributed by atoms with Gasteiger partial charge in [0, 0.05) is 42.0 Å². The van der Waals surface area contributed by atoms with Gasteiger partial charge < -0.3 is 24.9 Å². The third-order valence-corrected chi connectivity index (χ3v) is 8.12. The Morgan fingerprint density at radius 1 is 0.861 bits per heavy atom. The average Bonchev–Trinajstić information content (AvgIpc) is 3.17. The zero-order chi connectivity index (χ0) is 25.1. The lowest BCUT2D eigenvalue weighted by molar-refractivity contribution is -0.141. The molecular formula is C27H32BrN5O3. The van der Waals surface area contributed by atoms with Crippen LogP contribution in [0, 0.1) is 0 Å². The van der Waals surface area contributed by atoms with Crippen molar-refractivity contribution < 1.29 is 14.4 Å². The number of carbonyl (C=O) groups excluding carboxylic acids is 3. The molecule has 2 aromatic rings. The normalized spacial score (nSPS) is 19.6. The number of hydrogen-bond acceptors (Lipinski definition) is 4. The molecule has 3 fully saturated rings. The van der Waals surface area contributed by atoms with Gasteiger partial charge in [0.25, 0.3) is 5.91 Å². The highest BCUT2D eigenvalue weighted by atomic mass is 79.9. The first kappa shape index (κ1) is 24.6. The van der Waals surface area contributed by atoms with E-state index in [-0.39, 0.29) is 24.4 Å². The van der Waals surface area contributed by atoms with Gasteiger partial charge in [0.05, 0.1) is 6.67 Å². The Labute approximate surface area is 220 Å². The summed E-state index contributed by atoms with van der Waals surface area (Å²) in [6.45, 7) is 2.97. The maximum Gasteiger partial charge on any atom is 0.321 e. The van der Waals surface area contributed by atoms with E-state index in [1.54, 1.807) is 9.80 Å². The average molecular weight is 554 g/mol. The summed E-state index contributed by atoms with van der Waals surface area (Å²) in [6.07, 6.45) is 4.24. The Bertz CT molecular complexity index is 1100. The molecule has 0 unspecified atom stereocenters. The van der Waals surface area contributed by atoms with Gasteiger partial charge in [-0.25, -0.2) is 4.79 Å². The molecule has 0 aliphatic carbocycles. The summed E-state index contributed by atoms with van der Waals surface area (Å²) in [5.74, 6) is 0.0177. The highest BCUT2D eigenvalue weighted by molar-refractivity contribution is 9.10. The lowest BCUT2D eigenvalue weighted by Crippen LogP contribution is -2.58. The second-order valence-corrected chi connectivity index (χ2v) is 10.7. The molecule has 0 radical (unpaired) electrons. The monoisotopic (exact) mass is 553 g/mol. The van der Waals surface area contributed by atoms with Crippen LogP contribution in [0.3, 0.4) is 0 Å². The maximum atomic E-state index is 13.9. The van der Waals surface area contributed by atoms with E-state index in [2.05, 4.69) is 26.1 Å². The number of hydrogen-bond donors (Lipinski definition) is 1. The number of likely N-dealkylation sites (tertiary alicyclic amines) is 2. The van der Waals surface area contributed by atoms with Gasteiger partial charge in [0.15, 0.2) is 0 Å². The molecule has 2 aromatic carbocycles. The molecule has 0 aromatic heterocycles. The van der Waals surface area contributed by atoms with Crippen molar-refractivity contribution in [3.63, 3.8) is 0 Å². The Kier molecular flexibility index (Phi) is 7.18. The number of nitrogens with one attached hydrogen (secondary N) is 1. The first-order chi connectivity index (χ1) is 17.5. The Morgan fingerprint density at radius 2 is 1.53 bits per heavy atom. The molecule has 190 valence electrons. The van der Waals surface area contributed by atoms with Crippen molar-refractivity contribution >= 4 is 45.2 Å². The third kappa shape index (κ3) is 4.93. The number of benzene rings is 2. The van der Waals surface area contributed by atoms with E-state index in [1.807, 2.05) is 59.5 Å². The van der Waals surface area contributed by atoms with Crippen LogP contribution in [0.4, 0.5) is 16.2 Å². The van der Waals surface area contributed by atoms with Crippen molar-refractivity contribution in [2.24, 2.45) is 0 Å². The quantitative estimate of drug-likeness (QED) is 0.617. The number of anilines is 2. The molecule has 0 saturated carbocycles. The number of carbonyl (C=O) groups is 3. The van der Waals surface area contributed by atoms with Crippen molar-refractivity contribution in [1.29, 1.82) is 0 Å². The minimum absolute atomic E-state index is 0.00956. The molecule has 5 rings (SSSR count). The molecule has 3 heterocycles. The van der Waals surface area contributed by atoms with Crippen LogP contribution < -0.4 is 10.2 Å². The Hall–Kier alpha value is -3.07. The van der Waals surface area contributed by atoms with E-state index >= 15 is 0 Å². The molecule has 36 heavy (non-hydrogen) atoms. The number of para-hydroxylation sites is 1. The molecule has 8 nitrogen and oxygen atoms in total. The second kappa shape index (κ2) is 10.5. The predicted molar refractivity (Wildman–Crippen MR) is 143 cm³/mol. The van der Waals surface area contributed by atoms with E-state index in [0.29, 0.717) is 32.6 Å². The third-order valence-electron chi connectivity index (χ3n) is 7.59. The SMILES string of the molecule is O=C(CN1CN(c2ccccc2)C2(CCN(C(=O)Nc3ccc(Br)cc3)CC2)C1=O)N1CCCCC1. The number of amides is 4. The van der Waals surface area contributed by atoms with E-state index in [0.717, 1.165) is 48.2 Å². The zero-order valence-corrected chi connectivity index (χ0v) is 22.0. The molecule has 0 bridgehead atoms. The summed E-state index contributed by atoms with van der Waals surface area (Å²) in [4.78, 5) is 47.3. The van der Waals surface area contributed by atoms with E-state index in [9.17, 15) is 14.4 Å². The first-order valence-electron chi connectivity index (χ1n) is 12.7. The van der Waals surface area contributed by atoms with Crippen LogP contribution in [0.25, 0.3) is 0 Å². The zero-order valence-electron chi connectivity index (χ0n) is 20.4. The molecule has 3 saturated heterocycles. The van der Waals surface area contributed by atoms with Crippen molar-refractivity contribution in [3.05, 3.63) is 59.1 Å². The fourth-order valence-electron chi connectivity index (χ4n) is 5.54. The summed E-state index contributed by atoms with van der Waals surface area (Å²) < 4.78 is 0.949. The standard InChI is InChI=1S/C27H32BrN5O3/c28-21-9-11-22(12-10-21)29-26(36)31-17-13-27(14-18-31)25(35)32(19-24(34)30-15-5-2-6-16-30)20-33(27)23-7-3-1-4-8-23/h1,3-4,7-12H,2,5-6,13-20H2,(H,29,36). The van der Waals surface area contributed by atoms with Crippen LogP contribution in [0.15, 0.2) is 59.1 Å². The molecule has 1 N–H and O–H groups in total. The lowest BCUT2D eigenvalue weighted by atomic mass is 9.85. The van der Waals surface area contributed by atoms with E-state index < -0.39 is 5.54 Å². The summed E-state index contributed by atoms with van der Waals surface area (Å²) >= 11 is 3.41. The van der Waals surface area contributed by atoms with Crippen LogP contribution in [0.2, 0.25) is 0 Å². The molecule has 0 atom stereocenters. The number of piperidine rings is 2. The van der Waals surface area contributed by atoms with Crippen molar-refractivity contribution in [3.8, 4) is 0 Å². The highest BCUT2D eigenvalue weighted by Gasteiger charge is 2.54. The number of nitrogens with zero attached hydrogens (tertiary/aromatic N) is 4. The van der Waals surface area contributed by atoms with Crippen molar-refractivity contribution in [1.82, 2.24) is 14.7 Å². The van der Waals surface area contributed by atoms with Gasteiger partial charge in [-0.3, -0.25) is 9.59 Å². The molecule has 9 heteroatoms. The fourth-order valence-corrected chi connectivity index (χ4v) is 5.81. The lowest BCUT2D eigenvalue weighted by Gasteiger charge is -2.43. The van der Waals surface area contributed by atoms with Crippen molar-refractivity contribution in [2.75, 3.05) is 49.6 Å².